The van der Waals surface area contributed by atoms with Crippen LogP contribution in [0.3, 0.4) is 0 Å². The molecule has 0 unspecified atom stereocenters. The lowest BCUT2D eigenvalue weighted by atomic mass is 10.2. The number of rotatable bonds is 4. The van der Waals surface area contributed by atoms with Crippen LogP contribution in [0.1, 0.15) is 20.8 Å². The molecule has 0 spiro atoms. The van der Waals surface area contributed by atoms with Crippen molar-refractivity contribution in [3.8, 4) is 0 Å². The summed E-state index contributed by atoms with van der Waals surface area (Å²) in [7, 11) is -3.52. The fourth-order valence-electron chi connectivity index (χ4n) is 2.65. The van der Waals surface area contributed by atoms with Gasteiger partial charge >= 0.3 is 13.5 Å². The highest BCUT2D eigenvalue weighted by Gasteiger charge is 2.36. The molecule has 1 heterocycles. The van der Waals surface area contributed by atoms with Crippen LogP contribution < -0.4 is 10.6 Å². The van der Waals surface area contributed by atoms with E-state index in [4.69, 9.17) is 14.0 Å². The monoisotopic (exact) mass is 401 g/mol. The molecule has 1 aliphatic rings. The van der Waals surface area contributed by atoms with Gasteiger partial charge < -0.3 is 14.0 Å². The molecule has 0 bridgehead atoms. The molecule has 7 heteroatoms. The number of benzene rings is 2. The van der Waals surface area contributed by atoms with E-state index >= 15 is 0 Å². The molecule has 0 aromatic heterocycles. The summed E-state index contributed by atoms with van der Waals surface area (Å²) in [6, 6.07) is 17.9. The summed E-state index contributed by atoms with van der Waals surface area (Å²) in [5, 5.41) is 1.05. The van der Waals surface area contributed by atoms with Gasteiger partial charge in [0.1, 0.15) is 18.5 Å². The molecule has 0 aliphatic carbocycles. The zero-order valence-corrected chi connectivity index (χ0v) is 17.1. The zero-order chi connectivity index (χ0) is 20.2. The van der Waals surface area contributed by atoms with Gasteiger partial charge in [0.25, 0.3) is 0 Å². The van der Waals surface area contributed by atoms with Gasteiger partial charge in [-0.05, 0) is 45.0 Å². The number of ether oxygens (including phenoxy) is 2. The van der Waals surface area contributed by atoms with Crippen LogP contribution in [-0.2, 0) is 18.6 Å². The normalized spacial score (nSPS) is 14.7. The first-order valence-electron chi connectivity index (χ1n) is 9.03. The molecule has 0 saturated carbocycles. The topological polar surface area (TPSA) is 65.1 Å². The summed E-state index contributed by atoms with van der Waals surface area (Å²) in [6.45, 7) is 5.90. The van der Waals surface area contributed by atoms with Crippen molar-refractivity contribution in [2.24, 2.45) is 0 Å². The molecule has 148 valence electrons. The van der Waals surface area contributed by atoms with E-state index < -0.39 is 19.1 Å². The van der Waals surface area contributed by atoms with Crippen molar-refractivity contribution in [2.45, 2.75) is 26.4 Å². The third-order valence-corrected chi connectivity index (χ3v) is 6.31. The maximum atomic E-state index is 14.0. The Labute approximate surface area is 165 Å². The van der Waals surface area contributed by atoms with Crippen LogP contribution in [0.25, 0.3) is 0 Å². The average Bonchev–Trinajstić information content (AvgIpc) is 2.68. The van der Waals surface area contributed by atoms with E-state index in [9.17, 15) is 9.36 Å². The summed E-state index contributed by atoms with van der Waals surface area (Å²) in [5.41, 5.74) is -0.664. The Kier molecular flexibility index (Phi) is 5.80. The van der Waals surface area contributed by atoms with Crippen LogP contribution in [0, 0.1) is 0 Å². The van der Waals surface area contributed by atoms with Gasteiger partial charge in [-0.25, -0.2) is 9.69 Å². The minimum Gasteiger partial charge on any atom is -0.494 e. The van der Waals surface area contributed by atoms with Gasteiger partial charge in [-0.1, -0.05) is 36.4 Å². The molecule has 0 radical (unpaired) electrons. The fourth-order valence-corrected chi connectivity index (χ4v) is 4.70. The summed E-state index contributed by atoms with van der Waals surface area (Å²) in [5.74, 6) is 0.0662. The third-order valence-electron chi connectivity index (χ3n) is 3.91. The highest BCUT2D eigenvalue weighted by atomic mass is 31.2. The first kappa shape index (κ1) is 20.0. The second-order valence-corrected chi connectivity index (χ2v) is 9.59. The molecule has 28 heavy (non-hydrogen) atoms. The van der Waals surface area contributed by atoms with Gasteiger partial charge in [0.2, 0.25) is 5.88 Å². The molecule has 1 aliphatic heterocycles. The molecule has 0 atom stereocenters. The van der Waals surface area contributed by atoms with Gasteiger partial charge in [0.15, 0.2) is 0 Å². The second kappa shape index (κ2) is 8.11. The summed E-state index contributed by atoms with van der Waals surface area (Å²) >= 11 is 0. The van der Waals surface area contributed by atoms with Crippen molar-refractivity contribution < 1.29 is 23.4 Å². The lowest BCUT2D eigenvalue weighted by Gasteiger charge is -2.32. The molecule has 1 amide bonds. The van der Waals surface area contributed by atoms with Crippen molar-refractivity contribution in [1.29, 1.82) is 0 Å². The third kappa shape index (κ3) is 4.57. The Hall–Kier alpha value is -2.72. The molecule has 0 N–H and O–H groups in total. The Bertz CT molecular complexity index is 847. The second-order valence-electron chi connectivity index (χ2n) is 7.27. The number of amides is 1. The average molecular weight is 401 g/mol. The lowest BCUT2D eigenvalue weighted by Crippen LogP contribution is -2.41. The van der Waals surface area contributed by atoms with E-state index in [1.165, 1.54) is 11.2 Å². The van der Waals surface area contributed by atoms with Crippen molar-refractivity contribution in [2.75, 3.05) is 13.2 Å². The van der Waals surface area contributed by atoms with Crippen molar-refractivity contribution >= 4 is 24.1 Å². The SMILES string of the molecule is CC(C)(C)OC(=O)N1CCOC=C1OP(=O)(c1ccccc1)c1ccccc1. The van der Waals surface area contributed by atoms with Crippen LogP contribution in [0.5, 0.6) is 0 Å². The van der Waals surface area contributed by atoms with Gasteiger partial charge in [-0.2, -0.15) is 0 Å². The minimum atomic E-state index is -3.52. The maximum absolute atomic E-state index is 14.0. The molecular weight excluding hydrogens is 377 g/mol. The Balaban J connectivity index is 1.97. The number of nitrogens with zero attached hydrogens (tertiary/aromatic N) is 1. The predicted molar refractivity (Wildman–Crippen MR) is 108 cm³/mol. The smallest absolute Gasteiger partial charge is 0.417 e. The first-order valence-corrected chi connectivity index (χ1v) is 10.7. The largest absolute Gasteiger partial charge is 0.494 e. The molecular formula is C21H24NO5P. The predicted octanol–water partition coefficient (Wildman–Crippen LogP) is 4.00. The van der Waals surface area contributed by atoms with Crippen LogP contribution in [0.4, 0.5) is 4.79 Å². The van der Waals surface area contributed by atoms with Crippen LogP contribution >= 0.6 is 7.37 Å². The van der Waals surface area contributed by atoms with Gasteiger partial charge in [0, 0.05) is 0 Å². The van der Waals surface area contributed by atoms with E-state index in [1.807, 2.05) is 12.1 Å². The molecule has 6 nitrogen and oxygen atoms in total. The number of hydrogen-bond donors (Lipinski definition) is 0. The highest BCUT2D eigenvalue weighted by Crippen LogP contribution is 2.47. The van der Waals surface area contributed by atoms with Gasteiger partial charge in [-0.3, -0.25) is 4.57 Å². The number of hydrogen-bond acceptors (Lipinski definition) is 5. The fraction of sp³-hybridized carbons (Fsp3) is 0.286. The molecule has 2 aromatic rings. The number of carbonyl (C=O) groups excluding carboxylic acids is 1. The van der Waals surface area contributed by atoms with Crippen LogP contribution in [0.15, 0.2) is 72.8 Å². The van der Waals surface area contributed by atoms with Gasteiger partial charge in [0.05, 0.1) is 17.2 Å². The molecule has 0 saturated heterocycles. The Morgan fingerprint density at radius 3 is 2.04 bits per heavy atom. The lowest BCUT2D eigenvalue weighted by molar-refractivity contribution is 0.0127. The summed E-state index contributed by atoms with van der Waals surface area (Å²) < 4.78 is 30.9. The molecule has 3 rings (SSSR count). The quantitative estimate of drug-likeness (QED) is 0.725. The van der Waals surface area contributed by atoms with Crippen molar-refractivity contribution in [3.05, 3.63) is 72.8 Å². The van der Waals surface area contributed by atoms with E-state index in [2.05, 4.69) is 0 Å². The maximum Gasteiger partial charge on any atom is 0.417 e. The van der Waals surface area contributed by atoms with E-state index in [0.29, 0.717) is 17.2 Å². The van der Waals surface area contributed by atoms with E-state index in [1.54, 1.807) is 69.3 Å². The van der Waals surface area contributed by atoms with Crippen molar-refractivity contribution in [1.82, 2.24) is 4.90 Å². The van der Waals surface area contributed by atoms with Crippen molar-refractivity contribution in [3.63, 3.8) is 0 Å². The summed E-state index contributed by atoms with van der Waals surface area (Å²) in [6.07, 6.45) is 0.737. The Morgan fingerprint density at radius 2 is 1.54 bits per heavy atom. The van der Waals surface area contributed by atoms with E-state index in [0.717, 1.165) is 0 Å². The first-order chi connectivity index (χ1) is 13.3. The van der Waals surface area contributed by atoms with E-state index in [-0.39, 0.29) is 12.4 Å². The van der Waals surface area contributed by atoms with Gasteiger partial charge in [-0.15, -0.1) is 0 Å². The minimum absolute atomic E-state index is 0.0662. The number of carbonyl (C=O) groups is 1. The standard InChI is InChI=1S/C21H24NO5P/c1-21(2,3)26-20(23)22-14-15-25-16-19(22)27-28(24,17-10-6-4-7-11-17)18-12-8-5-9-13-18/h4-13,16H,14-15H2,1-3H3. The zero-order valence-electron chi connectivity index (χ0n) is 16.2. The molecule has 0 fully saturated rings. The summed E-state index contributed by atoms with van der Waals surface area (Å²) in [4.78, 5) is 13.9. The molecule has 2 aromatic carbocycles. The van der Waals surface area contributed by atoms with Crippen LogP contribution in [-0.4, -0.2) is 29.7 Å². The Morgan fingerprint density at radius 1 is 1.00 bits per heavy atom. The highest BCUT2D eigenvalue weighted by molar-refractivity contribution is 7.74. The van der Waals surface area contributed by atoms with Crippen LogP contribution in [0.2, 0.25) is 0 Å².